The quantitative estimate of drug-likeness (QED) is 0.885. The third-order valence-corrected chi connectivity index (χ3v) is 3.00. The molecule has 1 heterocycles. The molecule has 1 aliphatic heterocycles. The average molecular weight is 261 g/mol. The van der Waals surface area contributed by atoms with Crippen LogP contribution in [0.1, 0.15) is 18.1 Å². The first-order valence-corrected chi connectivity index (χ1v) is 5.70. The fourth-order valence-electron chi connectivity index (χ4n) is 2.09. The maximum atomic E-state index is 13.1. The second-order valence-electron chi connectivity index (χ2n) is 4.41. The summed E-state index contributed by atoms with van der Waals surface area (Å²) >= 11 is 0. The van der Waals surface area contributed by atoms with Crippen LogP contribution in [0.3, 0.4) is 0 Å². The Kier molecular flexibility index (Phi) is 3.29. The van der Waals surface area contributed by atoms with Gasteiger partial charge in [0.2, 0.25) is 5.78 Å². The smallest absolute Gasteiger partial charge is 0.358 e. The zero-order chi connectivity index (χ0) is 14.2. The van der Waals surface area contributed by atoms with Crippen LogP contribution in [0.5, 0.6) is 0 Å². The van der Waals surface area contributed by atoms with Crippen LogP contribution in [0, 0.1) is 12.7 Å². The van der Waals surface area contributed by atoms with E-state index in [1.165, 1.54) is 18.2 Å². The molecule has 1 N–H and O–H groups in total. The van der Waals surface area contributed by atoms with Gasteiger partial charge in [-0.3, -0.25) is 9.79 Å². The third-order valence-electron chi connectivity index (χ3n) is 3.00. The summed E-state index contributed by atoms with van der Waals surface area (Å²) in [6.45, 7) is 3.57. The monoisotopic (exact) mass is 261 g/mol. The average Bonchev–Trinajstić information content (AvgIpc) is 2.31. The molecule has 4 nitrogen and oxygen atoms in total. The number of rotatable bonds is 2. The normalized spacial score (nSPS) is 15.5. The van der Waals surface area contributed by atoms with Crippen molar-refractivity contribution in [2.24, 2.45) is 4.99 Å². The van der Waals surface area contributed by atoms with Crippen LogP contribution in [0.4, 0.5) is 4.39 Å². The second kappa shape index (κ2) is 4.76. The van der Waals surface area contributed by atoms with Crippen LogP contribution in [0.25, 0.3) is 5.57 Å². The van der Waals surface area contributed by atoms with E-state index in [0.717, 1.165) is 0 Å². The standard InChI is InChI=1S/C14H12FNO3/c1-7-5-9(15)3-4-10(7)11-8(2)6-16-12(13(11)17)14(18)19/h3-5H,6H2,1-2H3,(H,18,19). The van der Waals surface area contributed by atoms with E-state index in [1.54, 1.807) is 13.8 Å². The summed E-state index contributed by atoms with van der Waals surface area (Å²) in [6.07, 6.45) is 0. The zero-order valence-electron chi connectivity index (χ0n) is 10.5. The summed E-state index contributed by atoms with van der Waals surface area (Å²) < 4.78 is 13.1. The Bertz CT molecular complexity index is 644. The number of aryl methyl sites for hydroxylation is 1. The number of ketones is 1. The molecule has 19 heavy (non-hydrogen) atoms. The fraction of sp³-hybridized carbons (Fsp3) is 0.214. The molecular formula is C14H12FNO3. The van der Waals surface area contributed by atoms with Crippen LogP contribution in [-0.4, -0.2) is 29.1 Å². The molecule has 1 aliphatic rings. The van der Waals surface area contributed by atoms with Gasteiger partial charge < -0.3 is 5.11 Å². The number of benzene rings is 1. The highest BCUT2D eigenvalue weighted by molar-refractivity contribution is 6.73. The van der Waals surface area contributed by atoms with Crippen molar-refractivity contribution in [1.29, 1.82) is 0 Å². The molecule has 1 aromatic carbocycles. The number of carboxylic acids is 1. The van der Waals surface area contributed by atoms with Gasteiger partial charge in [0, 0.05) is 5.57 Å². The fourth-order valence-corrected chi connectivity index (χ4v) is 2.09. The lowest BCUT2D eigenvalue weighted by Gasteiger charge is -2.17. The maximum absolute atomic E-state index is 13.1. The van der Waals surface area contributed by atoms with Gasteiger partial charge in [-0.05, 0) is 42.7 Å². The molecule has 0 aliphatic carbocycles. The molecule has 0 amide bonds. The van der Waals surface area contributed by atoms with Gasteiger partial charge in [0.05, 0.1) is 6.54 Å². The topological polar surface area (TPSA) is 66.7 Å². The van der Waals surface area contributed by atoms with Crippen LogP contribution in [0.15, 0.2) is 28.8 Å². The van der Waals surface area contributed by atoms with Crippen molar-refractivity contribution >= 4 is 23.0 Å². The first kappa shape index (κ1) is 13.1. The number of aliphatic carboxylic acids is 1. The van der Waals surface area contributed by atoms with Crippen LogP contribution < -0.4 is 0 Å². The molecule has 1 aromatic rings. The molecule has 5 heteroatoms. The lowest BCUT2D eigenvalue weighted by Crippen LogP contribution is -2.29. The first-order chi connectivity index (χ1) is 8.91. The first-order valence-electron chi connectivity index (χ1n) is 5.70. The van der Waals surface area contributed by atoms with Crippen LogP contribution in [-0.2, 0) is 9.59 Å². The van der Waals surface area contributed by atoms with Gasteiger partial charge in [-0.15, -0.1) is 0 Å². The number of nitrogens with zero attached hydrogens (tertiary/aromatic N) is 1. The number of allylic oxidation sites excluding steroid dienone is 1. The highest BCUT2D eigenvalue weighted by Gasteiger charge is 2.29. The molecule has 0 atom stereocenters. The Morgan fingerprint density at radius 3 is 2.63 bits per heavy atom. The van der Waals surface area contributed by atoms with Crippen molar-refractivity contribution in [3.63, 3.8) is 0 Å². The molecule has 0 saturated heterocycles. The van der Waals surface area contributed by atoms with Gasteiger partial charge in [0.1, 0.15) is 5.82 Å². The van der Waals surface area contributed by atoms with Gasteiger partial charge in [-0.1, -0.05) is 6.07 Å². The van der Waals surface area contributed by atoms with Crippen LogP contribution in [0.2, 0.25) is 0 Å². The van der Waals surface area contributed by atoms with E-state index in [2.05, 4.69) is 4.99 Å². The largest absolute Gasteiger partial charge is 0.476 e. The van der Waals surface area contributed by atoms with E-state index >= 15 is 0 Å². The van der Waals surface area contributed by atoms with E-state index < -0.39 is 23.3 Å². The van der Waals surface area contributed by atoms with Crippen molar-refractivity contribution in [1.82, 2.24) is 0 Å². The van der Waals surface area contributed by atoms with Crippen LogP contribution >= 0.6 is 0 Å². The van der Waals surface area contributed by atoms with Gasteiger partial charge in [-0.25, -0.2) is 9.18 Å². The van der Waals surface area contributed by atoms with Crippen molar-refractivity contribution in [3.05, 3.63) is 40.7 Å². The van der Waals surface area contributed by atoms with E-state index in [-0.39, 0.29) is 6.54 Å². The number of carbonyl (C=O) groups is 2. The number of hydrogen-bond acceptors (Lipinski definition) is 3. The summed E-state index contributed by atoms with van der Waals surface area (Å²) in [5.41, 5.74) is 1.67. The summed E-state index contributed by atoms with van der Waals surface area (Å²) in [4.78, 5) is 26.9. The van der Waals surface area contributed by atoms with E-state index in [4.69, 9.17) is 5.11 Å². The zero-order valence-corrected chi connectivity index (χ0v) is 10.5. The Labute approximate surface area is 109 Å². The molecule has 0 unspecified atom stereocenters. The predicted octanol–water partition coefficient (Wildman–Crippen LogP) is 2.02. The highest BCUT2D eigenvalue weighted by Crippen LogP contribution is 2.27. The summed E-state index contributed by atoms with van der Waals surface area (Å²) in [5, 5.41) is 8.94. The SMILES string of the molecule is CC1=C(c2ccc(F)cc2C)C(=O)C(C(=O)O)=NC1. The molecule has 98 valence electrons. The summed E-state index contributed by atoms with van der Waals surface area (Å²) in [5.74, 6) is -2.35. The molecular weight excluding hydrogens is 249 g/mol. The number of carbonyl (C=O) groups excluding carboxylic acids is 1. The molecule has 0 radical (unpaired) electrons. The van der Waals surface area contributed by atoms with E-state index in [1.807, 2.05) is 0 Å². The lowest BCUT2D eigenvalue weighted by atomic mass is 9.89. The number of aliphatic imine (C=N–C) groups is 1. The molecule has 0 bridgehead atoms. The summed E-state index contributed by atoms with van der Waals surface area (Å²) in [6, 6.07) is 4.06. The minimum Gasteiger partial charge on any atom is -0.476 e. The minimum absolute atomic E-state index is 0.166. The number of halogens is 1. The second-order valence-corrected chi connectivity index (χ2v) is 4.41. The molecule has 0 spiro atoms. The number of carboxylic acid groups (broad SMARTS) is 1. The number of hydrogen-bond donors (Lipinski definition) is 1. The van der Waals surface area contributed by atoms with Gasteiger partial charge in [0.25, 0.3) is 0 Å². The molecule has 2 rings (SSSR count). The number of Topliss-reactive ketones (excluding diaryl/α,β-unsaturated/α-hetero) is 1. The van der Waals surface area contributed by atoms with Crippen molar-refractivity contribution in [2.75, 3.05) is 6.54 Å². The minimum atomic E-state index is -1.34. The Balaban J connectivity index is 2.54. The van der Waals surface area contributed by atoms with E-state index in [9.17, 15) is 14.0 Å². The van der Waals surface area contributed by atoms with Crippen molar-refractivity contribution < 1.29 is 19.1 Å². The third kappa shape index (κ3) is 2.31. The van der Waals surface area contributed by atoms with Gasteiger partial charge >= 0.3 is 5.97 Å². The predicted molar refractivity (Wildman–Crippen MR) is 68.7 cm³/mol. The maximum Gasteiger partial charge on any atom is 0.358 e. The van der Waals surface area contributed by atoms with Crippen molar-refractivity contribution in [3.8, 4) is 0 Å². The molecule has 0 fully saturated rings. The summed E-state index contributed by atoms with van der Waals surface area (Å²) in [7, 11) is 0. The molecule has 0 saturated carbocycles. The number of dihydropyridines is 1. The lowest BCUT2D eigenvalue weighted by molar-refractivity contribution is -0.130. The van der Waals surface area contributed by atoms with E-state index in [0.29, 0.717) is 22.3 Å². The van der Waals surface area contributed by atoms with Crippen molar-refractivity contribution in [2.45, 2.75) is 13.8 Å². The molecule has 0 aromatic heterocycles. The Morgan fingerprint density at radius 2 is 2.05 bits per heavy atom. The van der Waals surface area contributed by atoms with Gasteiger partial charge in [-0.2, -0.15) is 0 Å². The highest BCUT2D eigenvalue weighted by atomic mass is 19.1. The Morgan fingerprint density at radius 1 is 1.37 bits per heavy atom. The Hall–Kier alpha value is -2.30. The van der Waals surface area contributed by atoms with Gasteiger partial charge in [0.15, 0.2) is 5.71 Å².